The van der Waals surface area contributed by atoms with Gasteiger partial charge in [0, 0.05) is 6.54 Å². The van der Waals surface area contributed by atoms with Crippen molar-refractivity contribution in [3.05, 3.63) is 57.6 Å². The second-order valence-corrected chi connectivity index (χ2v) is 4.36. The fourth-order valence-electron chi connectivity index (χ4n) is 1.37. The zero-order valence-electron chi connectivity index (χ0n) is 8.24. The van der Waals surface area contributed by atoms with Gasteiger partial charge in [0.05, 0.1) is 6.54 Å². The van der Waals surface area contributed by atoms with E-state index in [9.17, 15) is 0 Å². The highest BCUT2D eigenvalue weighted by Gasteiger charge is 1.98. The van der Waals surface area contributed by atoms with Crippen LogP contribution in [0.25, 0.3) is 0 Å². The molecule has 15 heavy (non-hydrogen) atoms. The second-order valence-electron chi connectivity index (χ2n) is 3.29. The Bertz CT molecular complexity index is 411. The molecule has 78 valence electrons. The molecule has 0 saturated carbocycles. The summed E-state index contributed by atoms with van der Waals surface area (Å²) in [4.78, 5) is 0. The molecule has 1 aromatic carbocycles. The molecular weight excluding hydrogens is 301 g/mol. The first-order valence-corrected chi connectivity index (χ1v) is 5.91. The van der Waals surface area contributed by atoms with Crippen molar-refractivity contribution < 1.29 is 4.42 Å². The first-order valence-electron chi connectivity index (χ1n) is 4.83. The standard InChI is InChI=1S/C12H12INO/c13-12-7-6-11(15-12)9-14-8-10-4-2-1-3-5-10/h1-7,14H,8-9H2. The van der Waals surface area contributed by atoms with Gasteiger partial charge in [-0.25, -0.2) is 0 Å². The van der Waals surface area contributed by atoms with Gasteiger partial charge in [0.2, 0.25) is 0 Å². The van der Waals surface area contributed by atoms with Crippen LogP contribution in [-0.4, -0.2) is 0 Å². The van der Waals surface area contributed by atoms with Gasteiger partial charge in [0.25, 0.3) is 0 Å². The van der Waals surface area contributed by atoms with E-state index in [1.165, 1.54) is 5.56 Å². The number of nitrogens with one attached hydrogen (secondary N) is 1. The molecule has 0 unspecified atom stereocenters. The van der Waals surface area contributed by atoms with Crippen LogP contribution >= 0.6 is 22.6 Å². The highest BCUT2D eigenvalue weighted by molar-refractivity contribution is 14.1. The van der Waals surface area contributed by atoms with Gasteiger partial charge >= 0.3 is 0 Å². The van der Waals surface area contributed by atoms with Crippen LogP contribution in [0.1, 0.15) is 11.3 Å². The number of halogens is 1. The van der Waals surface area contributed by atoms with Crippen LogP contribution in [0.2, 0.25) is 0 Å². The Kier molecular flexibility index (Phi) is 3.80. The molecule has 0 fully saturated rings. The van der Waals surface area contributed by atoms with E-state index >= 15 is 0 Å². The van der Waals surface area contributed by atoms with Crippen LogP contribution in [0, 0.1) is 3.77 Å². The molecule has 0 amide bonds. The first-order chi connectivity index (χ1) is 7.34. The van der Waals surface area contributed by atoms with E-state index in [1.807, 2.05) is 30.3 Å². The van der Waals surface area contributed by atoms with Gasteiger partial charge < -0.3 is 9.73 Å². The van der Waals surface area contributed by atoms with Gasteiger partial charge in [-0.1, -0.05) is 30.3 Å². The summed E-state index contributed by atoms with van der Waals surface area (Å²) in [5.74, 6) is 0.982. The Labute approximate surface area is 103 Å². The monoisotopic (exact) mass is 313 g/mol. The molecule has 1 N–H and O–H groups in total. The van der Waals surface area contributed by atoms with Crippen molar-refractivity contribution in [2.75, 3.05) is 0 Å². The normalized spacial score (nSPS) is 10.5. The molecule has 3 heteroatoms. The lowest BCUT2D eigenvalue weighted by Gasteiger charge is -2.02. The van der Waals surface area contributed by atoms with Gasteiger partial charge in [-0.2, -0.15) is 0 Å². The molecule has 1 heterocycles. The maximum absolute atomic E-state index is 5.45. The van der Waals surface area contributed by atoms with Crippen molar-refractivity contribution in [3.8, 4) is 0 Å². The Morgan fingerprint density at radius 3 is 2.47 bits per heavy atom. The highest BCUT2D eigenvalue weighted by Crippen LogP contribution is 2.09. The number of benzene rings is 1. The first kappa shape index (κ1) is 10.7. The van der Waals surface area contributed by atoms with Crippen molar-refractivity contribution in [3.63, 3.8) is 0 Å². The molecule has 2 rings (SSSR count). The molecule has 0 aliphatic carbocycles. The van der Waals surface area contributed by atoms with Crippen LogP contribution in [0.15, 0.2) is 46.9 Å². The third kappa shape index (κ3) is 3.35. The maximum atomic E-state index is 5.45. The molecule has 0 bridgehead atoms. The summed E-state index contributed by atoms with van der Waals surface area (Å²) < 4.78 is 6.38. The molecule has 2 nitrogen and oxygen atoms in total. The second kappa shape index (κ2) is 5.32. The average Bonchev–Trinajstić information content (AvgIpc) is 2.66. The topological polar surface area (TPSA) is 25.2 Å². The van der Waals surface area contributed by atoms with Crippen LogP contribution in [0.4, 0.5) is 0 Å². The van der Waals surface area contributed by atoms with Crippen LogP contribution in [0.3, 0.4) is 0 Å². The number of furan rings is 1. The van der Waals surface area contributed by atoms with E-state index in [0.717, 1.165) is 22.6 Å². The Morgan fingerprint density at radius 2 is 1.80 bits per heavy atom. The molecular formula is C12H12INO. The average molecular weight is 313 g/mol. The SMILES string of the molecule is Ic1ccc(CNCc2ccccc2)o1. The zero-order valence-corrected chi connectivity index (χ0v) is 10.4. The van der Waals surface area contributed by atoms with E-state index in [-0.39, 0.29) is 0 Å². The van der Waals surface area contributed by atoms with Crippen molar-refractivity contribution in [2.24, 2.45) is 0 Å². The minimum Gasteiger partial charge on any atom is -0.454 e. The van der Waals surface area contributed by atoms with E-state index in [4.69, 9.17) is 4.42 Å². The summed E-state index contributed by atoms with van der Waals surface area (Å²) in [6.45, 7) is 1.65. The van der Waals surface area contributed by atoms with E-state index < -0.39 is 0 Å². The Morgan fingerprint density at radius 1 is 1.00 bits per heavy atom. The van der Waals surface area contributed by atoms with Crippen LogP contribution in [-0.2, 0) is 13.1 Å². The van der Waals surface area contributed by atoms with Crippen molar-refractivity contribution in [1.29, 1.82) is 0 Å². The van der Waals surface area contributed by atoms with Gasteiger partial charge in [0.1, 0.15) is 5.76 Å². The molecule has 1 aromatic heterocycles. The van der Waals surface area contributed by atoms with Gasteiger partial charge in [-0.3, -0.25) is 0 Å². The molecule has 0 radical (unpaired) electrons. The molecule has 2 aromatic rings. The van der Waals surface area contributed by atoms with Crippen LogP contribution in [0.5, 0.6) is 0 Å². The quantitative estimate of drug-likeness (QED) is 0.877. The van der Waals surface area contributed by atoms with Crippen molar-refractivity contribution >= 4 is 22.6 Å². The number of hydrogen-bond acceptors (Lipinski definition) is 2. The van der Waals surface area contributed by atoms with E-state index in [0.29, 0.717) is 0 Å². The van der Waals surface area contributed by atoms with Gasteiger partial charge in [0.15, 0.2) is 3.77 Å². The summed E-state index contributed by atoms with van der Waals surface area (Å²) in [5.41, 5.74) is 1.29. The Hall–Kier alpha value is -0.810. The molecule has 0 atom stereocenters. The largest absolute Gasteiger partial charge is 0.454 e. The minimum atomic E-state index is 0.776. The smallest absolute Gasteiger partial charge is 0.164 e. The van der Waals surface area contributed by atoms with Crippen molar-refractivity contribution in [2.45, 2.75) is 13.1 Å². The molecule has 0 spiro atoms. The van der Waals surface area contributed by atoms with Crippen molar-refractivity contribution in [1.82, 2.24) is 5.32 Å². The van der Waals surface area contributed by atoms with E-state index in [2.05, 4.69) is 40.0 Å². The summed E-state index contributed by atoms with van der Waals surface area (Å²) in [6.07, 6.45) is 0. The predicted octanol–water partition coefficient (Wildman–Crippen LogP) is 3.17. The molecule has 0 saturated heterocycles. The third-order valence-corrected chi connectivity index (χ3v) is 2.68. The summed E-state index contributed by atoms with van der Waals surface area (Å²) in [7, 11) is 0. The predicted molar refractivity (Wildman–Crippen MR) is 68.4 cm³/mol. The maximum Gasteiger partial charge on any atom is 0.164 e. The lowest BCUT2D eigenvalue weighted by Crippen LogP contribution is -2.11. The van der Waals surface area contributed by atoms with Gasteiger partial charge in [-0.05, 0) is 40.3 Å². The third-order valence-electron chi connectivity index (χ3n) is 2.10. The lowest BCUT2D eigenvalue weighted by molar-refractivity contribution is 0.463. The van der Waals surface area contributed by atoms with Crippen LogP contribution < -0.4 is 5.32 Å². The highest BCUT2D eigenvalue weighted by atomic mass is 127. The number of rotatable bonds is 4. The molecule has 0 aliphatic heterocycles. The summed E-state index contributed by atoms with van der Waals surface area (Å²) >= 11 is 2.17. The minimum absolute atomic E-state index is 0.776. The zero-order chi connectivity index (χ0) is 10.5. The fourth-order valence-corrected chi connectivity index (χ4v) is 1.84. The van der Waals surface area contributed by atoms with E-state index in [1.54, 1.807) is 0 Å². The molecule has 0 aliphatic rings. The summed E-state index contributed by atoms with van der Waals surface area (Å²) in [5, 5.41) is 3.33. The number of hydrogen-bond donors (Lipinski definition) is 1. The summed E-state index contributed by atoms with van der Waals surface area (Å²) in [6, 6.07) is 14.3. The lowest BCUT2D eigenvalue weighted by atomic mass is 10.2. The van der Waals surface area contributed by atoms with Gasteiger partial charge in [-0.15, -0.1) is 0 Å². The Balaban J connectivity index is 1.80. The fraction of sp³-hybridized carbons (Fsp3) is 0.167.